The number of phenolic OH excluding ortho intramolecular Hbond substituents is 1. The Hall–Kier alpha value is -2.63. The molecule has 90 valence electrons. The van der Waals surface area contributed by atoms with Crippen LogP contribution in [0.2, 0.25) is 0 Å². The molecule has 2 heterocycles. The number of aromatic nitrogens is 4. The smallest absolute Gasteiger partial charge is 0.333 e. The number of aryl methyl sites for hydroxylation is 1. The van der Waals surface area contributed by atoms with Gasteiger partial charge < -0.3 is 5.11 Å². The highest BCUT2D eigenvalue weighted by Gasteiger charge is 2.12. The van der Waals surface area contributed by atoms with E-state index in [1.165, 1.54) is 23.0 Å². The van der Waals surface area contributed by atoms with Gasteiger partial charge in [0, 0.05) is 12.4 Å². The molecule has 0 atom stereocenters. The highest BCUT2D eigenvalue weighted by Crippen LogP contribution is 2.20. The summed E-state index contributed by atoms with van der Waals surface area (Å²) in [5.41, 5.74) is 2.06. The first-order chi connectivity index (χ1) is 8.66. The summed E-state index contributed by atoms with van der Waals surface area (Å²) in [7, 11) is 0. The van der Waals surface area contributed by atoms with Gasteiger partial charge in [-0.05, 0) is 30.7 Å². The zero-order valence-corrected chi connectivity index (χ0v) is 9.58. The van der Waals surface area contributed by atoms with Crippen molar-refractivity contribution in [3.05, 3.63) is 46.6 Å². The Bertz CT molecular complexity index is 788. The van der Waals surface area contributed by atoms with Crippen LogP contribution in [0, 0.1) is 6.92 Å². The van der Waals surface area contributed by atoms with Crippen LogP contribution in [0.5, 0.6) is 5.75 Å². The number of aromatic hydroxyl groups is 1. The SMILES string of the molecule is Cc1cc(O)ccc1-n1c(=O)[nH]c2nccnc21. The van der Waals surface area contributed by atoms with Crippen molar-refractivity contribution in [2.45, 2.75) is 6.92 Å². The van der Waals surface area contributed by atoms with Crippen LogP contribution < -0.4 is 5.69 Å². The maximum Gasteiger partial charge on any atom is 0.333 e. The van der Waals surface area contributed by atoms with E-state index >= 15 is 0 Å². The number of nitrogens with zero attached hydrogens (tertiary/aromatic N) is 3. The molecule has 3 aromatic rings. The molecule has 3 rings (SSSR count). The Labute approximate surface area is 102 Å². The number of benzene rings is 1. The van der Waals surface area contributed by atoms with E-state index in [9.17, 15) is 9.90 Å². The van der Waals surface area contributed by atoms with Crippen molar-refractivity contribution in [2.24, 2.45) is 0 Å². The second-order valence-corrected chi connectivity index (χ2v) is 3.96. The molecular formula is C12H10N4O2. The van der Waals surface area contributed by atoms with Gasteiger partial charge in [0.15, 0.2) is 11.3 Å². The summed E-state index contributed by atoms with van der Waals surface area (Å²) >= 11 is 0. The minimum absolute atomic E-state index is 0.162. The first kappa shape index (κ1) is 10.5. The summed E-state index contributed by atoms with van der Waals surface area (Å²) in [5, 5.41) is 9.39. The van der Waals surface area contributed by atoms with Crippen molar-refractivity contribution in [1.29, 1.82) is 0 Å². The second-order valence-electron chi connectivity index (χ2n) is 3.96. The molecule has 1 aromatic carbocycles. The normalized spacial score (nSPS) is 10.9. The van der Waals surface area contributed by atoms with E-state index in [4.69, 9.17) is 0 Å². The number of phenols is 1. The van der Waals surface area contributed by atoms with Crippen LogP contribution in [0.3, 0.4) is 0 Å². The maximum absolute atomic E-state index is 11.9. The summed E-state index contributed by atoms with van der Waals surface area (Å²) in [6.45, 7) is 1.82. The second kappa shape index (κ2) is 3.69. The van der Waals surface area contributed by atoms with Crippen molar-refractivity contribution >= 4 is 11.3 Å². The molecule has 0 amide bonds. The molecule has 0 aliphatic rings. The van der Waals surface area contributed by atoms with Crippen molar-refractivity contribution in [3.63, 3.8) is 0 Å². The minimum Gasteiger partial charge on any atom is -0.508 e. The van der Waals surface area contributed by atoms with Gasteiger partial charge in [0.2, 0.25) is 0 Å². The molecule has 2 N–H and O–H groups in total. The lowest BCUT2D eigenvalue weighted by molar-refractivity contribution is 0.475. The van der Waals surface area contributed by atoms with Crippen LogP contribution in [0.1, 0.15) is 5.56 Å². The van der Waals surface area contributed by atoms with E-state index in [-0.39, 0.29) is 11.4 Å². The average Bonchev–Trinajstić information content (AvgIpc) is 2.66. The van der Waals surface area contributed by atoms with Gasteiger partial charge in [0.1, 0.15) is 5.75 Å². The first-order valence-electron chi connectivity index (χ1n) is 5.38. The Morgan fingerprint density at radius 1 is 1.28 bits per heavy atom. The number of fused-ring (bicyclic) bond motifs is 1. The van der Waals surface area contributed by atoms with Gasteiger partial charge in [-0.3, -0.25) is 4.98 Å². The molecule has 0 fully saturated rings. The zero-order valence-electron chi connectivity index (χ0n) is 9.58. The lowest BCUT2D eigenvalue weighted by Crippen LogP contribution is -2.15. The fourth-order valence-corrected chi connectivity index (χ4v) is 1.95. The quantitative estimate of drug-likeness (QED) is 0.669. The maximum atomic E-state index is 11.9. The number of aromatic amines is 1. The summed E-state index contributed by atoms with van der Waals surface area (Å²) < 4.78 is 1.44. The zero-order chi connectivity index (χ0) is 12.7. The summed E-state index contributed by atoms with van der Waals surface area (Å²) in [6, 6.07) is 4.80. The van der Waals surface area contributed by atoms with Crippen LogP contribution >= 0.6 is 0 Å². The molecule has 0 saturated heterocycles. The Balaban J connectivity index is 2.38. The van der Waals surface area contributed by atoms with E-state index in [1.807, 2.05) is 6.92 Å². The Kier molecular flexibility index (Phi) is 2.16. The van der Waals surface area contributed by atoms with Crippen LogP contribution in [-0.2, 0) is 0 Å². The monoisotopic (exact) mass is 242 g/mol. The molecule has 18 heavy (non-hydrogen) atoms. The van der Waals surface area contributed by atoms with Gasteiger partial charge in [-0.15, -0.1) is 0 Å². The fraction of sp³-hybridized carbons (Fsp3) is 0.0833. The number of hydrogen-bond acceptors (Lipinski definition) is 4. The predicted octanol–water partition coefficient (Wildman–Crippen LogP) is 1.12. The molecule has 6 nitrogen and oxygen atoms in total. The number of nitrogens with one attached hydrogen (secondary N) is 1. The molecule has 0 unspecified atom stereocenters. The van der Waals surface area contributed by atoms with E-state index < -0.39 is 0 Å². The fourth-order valence-electron chi connectivity index (χ4n) is 1.95. The highest BCUT2D eigenvalue weighted by atomic mass is 16.3. The lowest BCUT2D eigenvalue weighted by Gasteiger charge is -2.06. The van der Waals surface area contributed by atoms with Crippen molar-refractivity contribution in [3.8, 4) is 11.4 Å². The van der Waals surface area contributed by atoms with Crippen molar-refractivity contribution in [2.75, 3.05) is 0 Å². The van der Waals surface area contributed by atoms with Crippen LogP contribution in [0.15, 0.2) is 35.4 Å². The molecule has 0 aliphatic carbocycles. The summed E-state index contributed by atoms with van der Waals surface area (Å²) in [6.07, 6.45) is 3.05. The highest BCUT2D eigenvalue weighted by molar-refractivity contribution is 5.68. The van der Waals surface area contributed by atoms with E-state index in [2.05, 4.69) is 15.0 Å². The largest absolute Gasteiger partial charge is 0.508 e. The average molecular weight is 242 g/mol. The number of rotatable bonds is 1. The third kappa shape index (κ3) is 1.46. The van der Waals surface area contributed by atoms with E-state index in [0.717, 1.165) is 5.56 Å². The van der Waals surface area contributed by atoms with Crippen LogP contribution in [0.4, 0.5) is 0 Å². The summed E-state index contributed by atoms with van der Waals surface area (Å²) in [5.74, 6) is 0.162. The Morgan fingerprint density at radius 2 is 2.06 bits per heavy atom. The van der Waals surface area contributed by atoms with E-state index in [1.54, 1.807) is 12.1 Å². The molecule has 6 heteroatoms. The molecular weight excluding hydrogens is 232 g/mol. The van der Waals surface area contributed by atoms with E-state index in [0.29, 0.717) is 17.0 Å². The molecule has 0 spiro atoms. The topological polar surface area (TPSA) is 83.8 Å². The van der Waals surface area contributed by atoms with Gasteiger partial charge in [-0.1, -0.05) is 0 Å². The minimum atomic E-state index is -0.301. The van der Waals surface area contributed by atoms with Crippen molar-refractivity contribution in [1.82, 2.24) is 19.5 Å². The van der Waals surface area contributed by atoms with Gasteiger partial charge in [0.25, 0.3) is 0 Å². The van der Waals surface area contributed by atoms with Gasteiger partial charge in [0.05, 0.1) is 5.69 Å². The number of imidazole rings is 1. The predicted molar refractivity (Wildman–Crippen MR) is 65.9 cm³/mol. The third-order valence-electron chi connectivity index (χ3n) is 2.74. The molecule has 0 radical (unpaired) electrons. The van der Waals surface area contributed by atoms with Gasteiger partial charge in [-0.25, -0.2) is 19.3 Å². The summed E-state index contributed by atoms with van der Waals surface area (Å²) in [4.78, 5) is 22.8. The molecule has 0 bridgehead atoms. The molecule has 0 saturated carbocycles. The lowest BCUT2D eigenvalue weighted by atomic mass is 10.2. The molecule has 0 aliphatic heterocycles. The number of hydrogen-bond donors (Lipinski definition) is 2. The third-order valence-corrected chi connectivity index (χ3v) is 2.74. The van der Waals surface area contributed by atoms with Gasteiger partial charge >= 0.3 is 5.69 Å². The Morgan fingerprint density at radius 3 is 2.83 bits per heavy atom. The number of H-pyrrole nitrogens is 1. The first-order valence-corrected chi connectivity index (χ1v) is 5.38. The standard InChI is InChI=1S/C12H10N4O2/c1-7-6-8(17)2-3-9(7)16-11-10(15-12(16)18)13-4-5-14-11/h2-6,17H,1H3,(H,13,15,18). The van der Waals surface area contributed by atoms with Crippen LogP contribution in [0.25, 0.3) is 17.0 Å². The van der Waals surface area contributed by atoms with Crippen LogP contribution in [-0.4, -0.2) is 24.6 Å². The molecule has 2 aromatic heterocycles. The van der Waals surface area contributed by atoms with Crippen molar-refractivity contribution < 1.29 is 5.11 Å². The van der Waals surface area contributed by atoms with Gasteiger partial charge in [-0.2, -0.15) is 0 Å².